The molecule has 0 amide bonds. The first-order chi connectivity index (χ1) is 13.8. The first kappa shape index (κ1) is 20.6. The zero-order valence-corrected chi connectivity index (χ0v) is 15.7. The number of aliphatic hydroxyl groups is 4. The van der Waals surface area contributed by atoms with Crippen molar-refractivity contribution in [2.24, 2.45) is 0 Å². The number of fused-ring (bicyclic) bond motifs is 2. The van der Waals surface area contributed by atoms with Gasteiger partial charge in [0.1, 0.15) is 11.5 Å². The highest BCUT2D eigenvalue weighted by molar-refractivity contribution is 5.88. The molecule has 150 valence electrons. The van der Waals surface area contributed by atoms with Gasteiger partial charge >= 0.3 is 0 Å². The van der Waals surface area contributed by atoms with Crippen molar-refractivity contribution in [1.29, 1.82) is 0 Å². The van der Waals surface area contributed by atoms with Gasteiger partial charge in [-0.25, -0.2) is 0 Å². The molecule has 0 heterocycles. The number of aliphatic hydroxyl groups excluding tert-OH is 2. The molecule has 0 saturated carbocycles. The molecule has 0 atom stereocenters. The third-order valence-electron chi connectivity index (χ3n) is 4.73. The molecule has 4 aromatic carbocycles. The van der Waals surface area contributed by atoms with E-state index in [1.165, 1.54) is 0 Å². The SMILES string of the molecule is Cc1c(O)ccc2cc(C(O)O)ccc12.Oc1ccc2cc(C(O)O)ccc2c1. The minimum Gasteiger partial charge on any atom is -0.508 e. The number of benzene rings is 4. The van der Waals surface area contributed by atoms with Crippen LogP contribution in [0.15, 0.2) is 66.7 Å². The average Bonchev–Trinajstić information content (AvgIpc) is 2.70. The van der Waals surface area contributed by atoms with Gasteiger partial charge in [-0.05, 0) is 64.4 Å². The molecule has 6 heteroatoms. The number of aryl methyl sites for hydroxylation is 1. The monoisotopic (exact) mass is 394 g/mol. The molecule has 29 heavy (non-hydrogen) atoms. The Labute approximate surface area is 167 Å². The van der Waals surface area contributed by atoms with E-state index in [4.69, 9.17) is 20.4 Å². The molecule has 0 saturated heterocycles. The van der Waals surface area contributed by atoms with Crippen LogP contribution in [-0.4, -0.2) is 30.6 Å². The summed E-state index contributed by atoms with van der Waals surface area (Å²) in [5, 5.41) is 58.2. The van der Waals surface area contributed by atoms with E-state index in [0.29, 0.717) is 11.1 Å². The molecule has 6 N–H and O–H groups in total. The average molecular weight is 394 g/mol. The van der Waals surface area contributed by atoms with Gasteiger partial charge < -0.3 is 30.6 Å². The first-order valence-electron chi connectivity index (χ1n) is 8.93. The van der Waals surface area contributed by atoms with Crippen molar-refractivity contribution in [3.63, 3.8) is 0 Å². The van der Waals surface area contributed by atoms with Crippen LogP contribution in [0.25, 0.3) is 21.5 Å². The lowest BCUT2D eigenvalue weighted by Gasteiger charge is -2.08. The van der Waals surface area contributed by atoms with Crippen LogP contribution in [0.3, 0.4) is 0 Å². The summed E-state index contributed by atoms with van der Waals surface area (Å²) < 4.78 is 0. The second-order valence-corrected chi connectivity index (χ2v) is 6.73. The number of phenolic OH excluding ortho intramolecular Hbond substituents is 2. The normalized spacial score (nSPS) is 11.1. The van der Waals surface area contributed by atoms with Crippen LogP contribution in [0.4, 0.5) is 0 Å². The van der Waals surface area contributed by atoms with Gasteiger partial charge in [-0.15, -0.1) is 0 Å². The Morgan fingerprint density at radius 1 is 0.586 bits per heavy atom. The number of phenols is 2. The lowest BCUT2D eigenvalue weighted by molar-refractivity contribution is -0.0429. The smallest absolute Gasteiger partial charge is 0.178 e. The van der Waals surface area contributed by atoms with E-state index >= 15 is 0 Å². The van der Waals surface area contributed by atoms with Crippen LogP contribution in [0.1, 0.15) is 29.3 Å². The highest BCUT2D eigenvalue weighted by Crippen LogP contribution is 2.28. The topological polar surface area (TPSA) is 121 Å². The molecule has 0 aliphatic rings. The number of aromatic hydroxyl groups is 2. The maximum absolute atomic E-state index is 9.50. The van der Waals surface area contributed by atoms with E-state index < -0.39 is 12.6 Å². The third-order valence-corrected chi connectivity index (χ3v) is 4.73. The summed E-state index contributed by atoms with van der Waals surface area (Å²) in [6.07, 6.45) is -2.91. The first-order valence-corrected chi connectivity index (χ1v) is 8.93. The Balaban J connectivity index is 0.000000166. The molecule has 0 radical (unpaired) electrons. The molecule has 0 aromatic heterocycles. The minimum absolute atomic E-state index is 0.204. The summed E-state index contributed by atoms with van der Waals surface area (Å²) in [7, 11) is 0. The van der Waals surface area contributed by atoms with Crippen molar-refractivity contribution >= 4 is 21.5 Å². The van der Waals surface area contributed by atoms with E-state index in [1.807, 2.05) is 6.92 Å². The molecular formula is C23H22O6. The van der Waals surface area contributed by atoms with Crippen molar-refractivity contribution in [2.75, 3.05) is 0 Å². The van der Waals surface area contributed by atoms with Gasteiger partial charge in [-0.2, -0.15) is 0 Å². The lowest BCUT2D eigenvalue weighted by atomic mass is 10.0. The summed E-state index contributed by atoms with van der Waals surface area (Å²) in [6.45, 7) is 1.83. The second kappa shape index (κ2) is 8.46. The van der Waals surface area contributed by atoms with Crippen molar-refractivity contribution in [1.82, 2.24) is 0 Å². The van der Waals surface area contributed by atoms with E-state index in [2.05, 4.69) is 0 Å². The molecule has 6 nitrogen and oxygen atoms in total. The maximum atomic E-state index is 9.50. The van der Waals surface area contributed by atoms with Crippen LogP contribution in [-0.2, 0) is 0 Å². The molecule has 0 fully saturated rings. The number of rotatable bonds is 2. The highest BCUT2D eigenvalue weighted by atomic mass is 16.5. The molecule has 4 aromatic rings. The quantitative estimate of drug-likeness (QED) is 0.290. The fourth-order valence-electron chi connectivity index (χ4n) is 3.07. The van der Waals surface area contributed by atoms with Crippen LogP contribution < -0.4 is 0 Å². The van der Waals surface area contributed by atoms with Gasteiger partial charge in [0.25, 0.3) is 0 Å². The zero-order valence-electron chi connectivity index (χ0n) is 15.7. The maximum Gasteiger partial charge on any atom is 0.178 e. The number of hydrogen-bond acceptors (Lipinski definition) is 6. The molecule has 0 aliphatic heterocycles. The molecule has 0 unspecified atom stereocenters. The molecular weight excluding hydrogens is 372 g/mol. The number of hydrogen-bond donors (Lipinski definition) is 6. The van der Waals surface area contributed by atoms with Gasteiger partial charge in [0.05, 0.1) is 0 Å². The van der Waals surface area contributed by atoms with Gasteiger partial charge in [0.15, 0.2) is 12.6 Å². The van der Waals surface area contributed by atoms with E-state index in [-0.39, 0.29) is 11.5 Å². The lowest BCUT2D eigenvalue weighted by Crippen LogP contribution is -1.94. The predicted molar refractivity (Wildman–Crippen MR) is 110 cm³/mol. The summed E-state index contributed by atoms with van der Waals surface area (Å²) in [4.78, 5) is 0. The third kappa shape index (κ3) is 4.64. The fourth-order valence-corrected chi connectivity index (χ4v) is 3.07. The van der Waals surface area contributed by atoms with E-state index in [1.54, 1.807) is 66.7 Å². The van der Waals surface area contributed by atoms with Crippen LogP contribution in [0, 0.1) is 6.92 Å². The summed E-state index contributed by atoms with van der Waals surface area (Å²) in [6, 6.07) is 18.4. The standard InChI is InChI=1S/C12H12O3.C11H10O3/c1-7-10-4-2-9(12(14)15)6-8(10)3-5-11(7)13;12-10-4-3-7-5-9(11(13)14)2-1-8(7)6-10/h2-6,12-15H,1H3;1-6,11-14H. The van der Waals surface area contributed by atoms with Gasteiger partial charge in [-0.1, -0.05) is 36.4 Å². The highest BCUT2D eigenvalue weighted by Gasteiger charge is 2.06. The van der Waals surface area contributed by atoms with E-state index in [0.717, 1.165) is 27.1 Å². The van der Waals surface area contributed by atoms with E-state index in [9.17, 15) is 10.2 Å². The summed E-state index contributed by atoms with van der Waals surface area (Å²) in [5.74, 6) is 0.453. The Hall–Kier alpha value is -3.16. The summed E-state index contributed by atoms with van der Waals surface area (Å²) in [5.41, 5.74) is 1.70. The van der Waals surface area contributed by atoms with Gasteiger partial charge in [0, 0.05) is 11.1 Å². The Morgan fingerprint density at radius 2 is 1.10 bits per heavy atom. The summed E-state index contributed by atoms with van der Waals surface area (Å²) >= 11 is 0. The van der Waals surface area contributed by atoms with Gasteiger partial charge in [-0.3, -0.25) is 0 Å². The van der Waals surface area contributed by atoms with Crippen LogP contribution in [0.2, 0.25) is 0 Å². The van der Waals surface area contributed by atoms with Crippen molar-refractivity contribution in [3.05, 3.63) is 83.4 Å². The van der Waals surface area contributed by atoms with Crippen molar-refractivity contribution in [2.45, 2.75) is 19.5 Å². The molecule has 0 aliphatic carbocycles. The molecule has 0 spiro atoms. The minimum atomic E-state index is -1.46. The fraction of sp³-hybridized carbons (Fsp3) is 0.130. The molecule has 0 bridgehead atoms. The van der Waals surface area contributed by atoms with Crippen LogP contribution in [0.5, 0.6) is 11.5 Å². The molecule has 4 rings (SSSR count). The van der Waals surface area contributed by atoms with Crippen molar-refractivity contribution in [3.8, 4) is 11.5 Å². The largest absolute Gasteiger partial charge is 0.508 e. The van der Waals surface area contributed by atoms with Gasteiger partial charge in [0.2, 0.25) is 0 Å². The predicted octanol–water partition coefficient (Wildman–Crippen LogP) is 3.37. The Morgan fingerprint density at radius 3 is 1.76 bits per heavy atom. The Kier molecular flexibility index (Phi) is 6.00. The second-order valence-electron chi connectivity index (χ2n) is 6.73. The zero-order chi connectivity index (χ0) is 21.1. The van der Waals surface area contributed by atoms with Crippen LogP contribution >= 0.6 is 0 Å². The Bertz CT molecular complexity index is 1150. The van der Waals surface area contributed by atoms with Crippen molar-refractivity contribution < 1.29 is 30.6 Å².